The van der Waals surface area contributed by atoms with Gasteiger partial charge in [0.1, 0.15) is 11.2 Å². The van der Waals surface area contributed by atoms with Crippen LogP contribution in [-0.2, 0) is 0 Å². The lowest BCUT2D eigenvalue weighted by Crippen LogP contribution is -2.00. The molecule has 0 aliphatic heterocycles. The number of para-hydroxylation sites is 2. The maximum atomic E-state index is 6.69. The molecule has 3 aromatic heterocycles. The summed E-state index contributed by atoms with van der Waals surface area (Å²) in [5, 5.41) is 4.57. The van der Waals surface area contributed by atoms with Gasteiger partial charge in [-0.25, -0.2) is 15.0 Å². The summed E-state index contributed by atoms with van der Waals surface area (Å²) in [6.07, 6.45) is 0. The number of fused-ring (bicyclic) bond motifs is 6. The van der Waals surface area contributed by atoms with Crippen molar-refractivity contribution in [2.45, 2.75) is 0 Å². The molecular weight excluding hydrogens is 757 g/mol. The average Bonchev–Trinajstić information content (AvgIpc) is 3.90. The molecule has 0 radical (unpaired) electrons. The van der Waals surface area contributed by atoms with Crippen LogP contribution in [0.15, 0.2) is 223 Å². The fraction of sp³-hybridized carbons (Fsp3) is 0. The highest BCUT2D eigenvalue weighted by atomic mass is 16.3. The van der Waals surface area contributed by atoms with Crippen molar-refractivity contribution in [3.05, 3.63) is 218 Å². The lowest BCUT2D eigenvalue weighted by atomic mass is 9.91. The van der Waals surface area contributed by atoms with Crippen molar-refractivity contribution in [2.24, 2.45) is 0 Å². The van der Waals surface area contributed by atoms with Gasteiger partial charge in [-0.05, 0) is 75.8 Å². The molecule has 0 aliphatic carbocycles. The fourth-order valence-corrected chi connectivity index (χ4v) is 8.95. The van der Waals surface area contributed by atoms with Gasteiger partial charge < -0.3 is 8.98 Å². The van der Waals surface area contributed by atoms with Crippen LogP contribution in [-0.4, -0.2) is 19.5 Å². The highest BCUT2D eigenvalue weighted by Crippen LogP contribution is 2.43. The Bertz CT molecular complexity index is 3610. The topological polar surface area (TPSA) is 56.7 Å². The van der Waals surface area contributed by atoms with Crippen LogP contribution < -0.4 is 0 Å². The molecule has 0 saturated carbocycles. The lowest BCUT2D eigenvalue weighted by molar-refractivity contribution is 0.669. The first-order valence-electron chi connectivity index (χ1n) is 20.8. The van der Waals surface area contributed by atoms with Gasteiger partial charge in [0.25, 0.3) is 0 Å². The smallest absolute Gasteiger partial charge is 0.164 e. The number of hydrogen-bond acceptors (Lipinski definition) is 4. The number of rotatable bonds is 7. The summed E-state index contributed by atoms with van der Waals surface area (Å²) in [6, 6.07) is 76.4. The maximum absolute atomic E-state index is 6.69. The summed E-state index contributed by atoms with van der Waals surface area (Å²) in [5.41, 5.74) is 14.6. The standard InChI is InChI=1S/C57H36N4O/c1-4-15-37(16-5-1)38-27-29-40(30-28-38)56-58-55(39-17-6-2-7-18-39)59-57(60-56)42-32-34-49-53(36-42)62-52-26-14-24-48(54(49)52)45-22-11-10-21-44(45)41-31-33-47-46-23-12-13-25-50(46)61(51(47)35-41)43-19-8-3-9-20-43/h1-36H. The Morgan fingerprint density at radius 2 is 0.823 bits per heavy atom. The molecule has 0 aliphatic rings. The summed E-state index contributed by atoms with van der Waals surface area (Å²) >= 11 is 0. The van der Waals surface area contributed by atoms with Gasteiger partial charge in [-0.3, -0.25) is 0 Å². The Kier molecular flexibility index (Phi) is 8.42. The van der Waals surface area contributed by atoms with Gasteiger partial charge in [0.15, 0.2) is 17.5 Å². The molecule has 0 bridgehead atoms. The van der Waals surface area contributed by atoms with Gasteiger partial charge >= 0.3 is 0 Å². The van der Waals surface area contributed by atoms with Crippen molar-refractivity contribution in [2.75, 3.05) is 0 Å². The van der Waals surface area contributed by atoms with Crippen molar-refractivity contribution in [1.29, 1.82) is 0 Å². The highest BCUT2D eigenvalue weighted by Gasteiger charge is 2.20. The molecule has 0 unspecified atom stereocenters. The molecule has 0 fully saturated rings. The van der Waals surface area contributed by atoms with Gasteiger partial charge in [-0.1, -0.05) is 176 Å². The predicted molar refractivity (Wildman–Crippen MR) is 254 cm³/mol. The molecule has 0 amide bonds. The molecular formula is C57H36N4O. The zero-order valence-corrected chi connectivity index (χ0v) is 33.5. The minimum atomic E-state index is 0.581. The van der Waals surface area contributed by atoms with Crippen LogP contribution in [0.5, 0.6) is 0 Å². The van der Waals surface area contributed by atoms with E-state index in [4.69, 9.17) is 19.4 Å². The Balaban J connectivity index is 0.973. The maximum Gasteiger partial charge on any atom is 0.164 e. The molecule has 290 valence electrons. The van der Waals surface area contributed by atoms with E-state index in [1.165, 1.54) is 21.8 Å². The quantitative estimate of drug-likeness (QED) is 0.161. The second-order valence-corrected chi connectivity index (χ2v) is 15.6. The van der Waals surface area contributed by atoms with Gasteiger partial charge in [0.05, 0.1) is 11.0 Å². The second kappa shape index (κ2) is 14.7. The summed E-state index contributed by atoms with van der Waals surface area (Å²) in [5.74, 6) is 1.81. The third-order valence-corrected chi connectivity index (χ3v) is 11.9. The van der Waals surface area contributed by atoms with Crippen LogP contribution in [0.4, 0.5) is 0 Å². The van der Waals surface area contributed by atoms with Crippen molar-refractivity contribution in [3.8, 4) is 73.2 Å². The summed E-state index contributed by atoms with van der Waals surface area (Å²) in [7, 11) is 0. The molecule has 0 N–H and O–H groups in total. The zero-order chi connectivity index (χ0) is 41.0. The Morgan fingerprint density at radius 3 is 1.58 bits per heavy atom. The van der Waals surface area contributed by atoms with Crippen LogP contribution in [0, 0.1) is 0 Å². The van der Waals surface area contributed by atoms with E-state index in [9.17, 15) is 0 Å². The first-order valence-corrected chi connectivity index (χ1v) is 20.8. The minimum absolute atomic E-state index is 0.581. The van der Waals surface area contributed by atoms with Gasteiger partial charge in [-0.15, -0.1) is 0 Å². The number of benzene rings is 9. The Labute approximate surface area is 357 Å². The molecule has 3 heterocycles. The fourth-order valence-electron chi connectivity index (χ4n) is 8.95. The molecule has 62 heavy (non-hydrogen) atoms. The van der Waals surface area contributed by atoms with Crippen molar-refractivity contribution in [3.63, 3.8) is 0 Å². The van der Waals surface area contributed by atoms with Crippen molar-refractivity contribution in [1.82, 2.24) is 19.5 Å². The van der Waals surface area contributed by atoms with Crippen LogP contribution in [0.2, 0.25) is 0 Å². The third kappa shape index (κ3) is 6.06. The van der Waals surface area contributed by atoms with E-state index in [0.29, 0.717) is 17.5 Å². The monoisotopic (exact) mass is 792 g/mol. The number of aromatic nitrogens is 4. The lowest BCUT2D eigenvalue weighted by Gasteiger charge is -2.13. The zero-order valence-electron chi connectivity index (χ0n) is 33.5. The first-order chi connectivity index (χ1) is 30.7. The van der Waals surface area contributed by atoms with E-state index in [1.54, 1.807) is 0 Å². The molecule has 0 atom stereocenters. The molecule has 5 heteroatoms. The normalized spacial score (nSPS) is 11.5. The van der Waals surface area contributed by atoms with Gasteiger partial charge in [0.2, 0.25) is 0 Å². The molecule has 9 aromatic carbocycles. The van der Waals surface area contributed by atoms with Crippen LogP contribution >= 0.6 is 0 Å². The minimum Gasteiger partial charge on any atom is -0.456 e. The first kappa shape index (κ1) is 35.5. The van der Waals surface area contributed by atoms with E-state index in [2.05, 4.69) is 187 Å². The molecule has 12 rings (SSSR count). The van der Waals surface area contributed by atoms with Crippen LogP contribution in [0.3, 0.4) is 0 Å². The summed E-state index contributed by atoms with van der Waals surface area (Å²) in [4.78, 5) is 15.1. The number of hydrogen-bond donors (Lipinski definition) is 0. The van der Waals surface area contributed by atoms with Crippen molar-refractivity contribution >= 4 is 43.7 Å². The Hall–Kier alpha value is -8.41. The van der Waals surface area contributed by atoms with Crippen LogP contribution in [0.25, 0.3) is 117 Å². The van der Waals surface area contributed by atoms with E-state index in [-0.39, 0.29) is 0 Å². The van der Waals surface area contributed by atoms with E-state index >= 15 is 0 Å². The summed E-state index contributed by atoms with van der Waals surface area (Å²) < 4.78 is 9.06. The number of nitrogens with zero attached hydrogens (tertiary/aromatic N) is 4. The largest absolute Gasteiger partial charge is 0.456 e. The van der Waals surface area contributed by atoms with Crippen molar-refractivity contribution < 1.29 is 4.42 Å². The molecule has 0 saturated heterocycles. The van der Waals surface area contributed by atoms with Gasteiger partial charge in [0, 0.05) is 43.9 Å². The summed E-state index contributed by atoms with van der Waals surface area (Å²) in [6.45, 7) is 0. The number of furan rings is 1. The van der Waals surface area contributed by atoms with E-state index in [0.717, 1.165) is 77.7 Å². The second-order valence-electron chi connectivity index (χ2n) is 15.6. The van der Waals surface area contributed by atoms with Crippen LogP contribution in [0.1, 0.15) is 0 Å². The molecule has 5 nitrogen and oxygen atoms in total. The predicted octanol–water partition coefficient (Wildman–Crippen LogP) is 14.9. The highest BCUT2D eigenvalue weighted by molar-refractivity contribution is 6.15. The van der Waals surface area contributed by atoms with E-state index < -0.39 is 0 Å². The molecule has 0 spiro atoms. The average molecular weight is 793 g/mol. The third-order valence-electron chi connectivity index (χ3n) is 11.9. The Morgan fingerprint density at radius 1 is 0.306 bits per heavy atom. The van der Waals surface area contributed by atoms with Gasteiger partial charge in [-0.2, -0.15) is 0 Å². The SMILES string of the molecule is c1ccc(-c2ccc(-c3nc(-c4ccccc4)nc(-c4ccc5c(c4)oc4cccc(-c6ccccc6-c6ccc7c8ccccc8n(-c8ccccc8)c7c6)c45)n3)cc2)cc1. The molecule has 12 aromatic rings. The van der Waals surface area contributed by atoms with E-state index in [1.807, 2.05) is 36.4 Å².